The largest absolute Gasteiger partial charge is 0.416 e. The van der Waals surface area contributed by atoms with Crippen LogP contribution in [0.3, 0.4) is 0 Å². The number of rotatable bonds is 4. The lowest BCUT2D eigenvalue weighted by molar-refractivity contribution is -0.0552. The number of benzene rings is 1. The molecule has 21 heavy (non-hydrogen) atoms. The van der Waals surface area contributed by atoms with Gasteiger partial charge in [0, 0.05) is 12.6 Å². The molecule has 0 atom stereocenters. The molecule has 0 radical (unpaired) electrons. The summed E-state index contributed by atoms with van der Waals surface area (Å²) in [7, 11) is 1.38. The number of aromatic nitrogens is 2. The zero-order valence-corrected chi connectivity index (χ0v) is 14.4. The number of nitrogens with zero attached hydrogens (tertiary/aromatic N) is 2. The van der Waals surface area contributed by atoms with Gasteiger partial charge in [-0.1, -0.05) is 49.5 Å². The summed E-state index contributed by atoms with van der Waals surface area (Å²) in [6, 6.07) is 4.42. The molecule has 2 rings (SSSR count). The second-order valence-corrected chi connectivity index (χ2v) is 7.45. The Hall–Kier alpha value is -0.730. The Morgan fingerprint density at radius 3 is 2.52 bits per heavy atom. The zero-order valence-electron chi connectivity index (χ0n) is 10.5. The highest BCUT2D eigenvalue weighted by molar-refractivity contribution is 9.24. The summed E-state index contributed by atoms with van der Waals surface area (Å²) in [4.78, 5) is 0. The molecule has 0 bridgehead atoms. The van der Waals surface area contributed by atoms with Crippen LogP contribution in [0.15, 0.2) is 18.2 Å². The highest BCUT2D eigenvalue weighted by Gasteiger charge is 2.22. The van der Waals surface area contributed by atoms with Crippen molar-refractivity contribution in [2.24, 2.45) is 7.05 Å². The second-order valence-electron chi connectivity index (χ2n) is 4.01. The van der Waals surface area contributed by atoms with E-state index in [0.717, 1.165) is 4.68 Å². The topological polar surface area (TPSA) is 27.1 Å². The first kappa shape index (κ1) is 16.6. The van der Waals surface area contributed by atoms with Gasteiger partial charge in [0.2, 0.25) is 5.88 Å². The quantitative estimate of drug-likeness (QED) is 0.596. The Bertz CT molecular complexity index is 664. The third-order valence-corrected chi connectivity index (χ3v) is 4.04. The van der Waals surface area contributed by atoms with Crippen molar-refractivity contribution < 1.29 is 17.9 Å². The van der Waals surface area contributed by atoms with Gasteiger partial charge in [-0.25, -0.2) is 9.07 Å². The summed E-state index contributed by atoms with van der Waals surface area (Å²) in [5.74, 6) is -0.885. The molecule has 9 heteroatoms. The minimum Gasteiger partial charge on any atom is -0.416 e. The van der Waals surface area contributed by atoms with Gasteiger partial charge >= 0.3 is 6.61 Å². The van der Waals surface area contributed by atoms with Gasteiger partial charge in [-0.3, -0.25) is 0 Å². The average molecular weight is 448 g/mol. The fourth-order valence-corrected chi connectivity index (χ4v) is 2.60. The molecule has 0 N–H and O–H groups in total. The molecule has 0 saturated heterocycles. The highest BCUT2D eigenvalue weighted by atomic mass is 79.9. The van der Waals surface area contributed by atoms with Crippen LogP contribution in [0.5, 0.6) is 5.88 Å². The summed E-state index contributed by atoms with van der Waals surface area (Å²) < 4.78 is 43.9. The second kappa shape index (κ2) is 6.58. The molecule has 0 aliphatic heterocycles. The van der Waals surface area contributed by atoms with E-state index in [0.29, 0.717) is 5.56 Å². The van der Waals surface area contributed by atoms with Gasteiger partial charge in [-0.15, -0.1) is 0 Å². The first-order chi connectivity index (χ1) is 9.81. The Balaban J connectivity index is 2.48. The summed E-state index contributed by atoms with van der Waals surface area (Å²) in [6.45, 7) is -3.04. The summed E-state index contributed by atoms with van der Waals surface area (Å²) in [5, 5.41) is 3.76. The number of aryl methyl sites for hydroxylation is 1. The van der Waals surface area contributed by atoms with Crippen LogP contribution in [0.25, 0.3) is 11.3 Å². The Morgan fingerprint density at radius 2 is 2.00 bits per heavy atom. The molecule has 114 valence electrons. The maximum absolute atomic E-state index is 14.1. The maximum atomic E-state index is 14.1. The lowest BCUT2D eigenvalue weighted by Crippen LogP contribution is -2.06. The Kier molecular flexibility index (Phi) is 5.21. The SMILES string of the molecule is Cn1nc(-c2ccc(C(Br)Br)cc2F)c(Cl)c1OC(F)F. The Morgan fingerprint density at radius 1 is 1.33 bits per heavy atom. The van der Waals surface area contributed by atoms with Gasteiger partial charge in [-0.2, -0.15) is 13.9 Å². The van der Waals surface area contributed by atoms with Gasteiger partial charge < -0.3 is 4.74 Å². The van der Waals surface area contributed by atoms with Crippen molar-refractivity contribution in [2.45, 2.75) is 10.3 Å². The van der Waals surface area contributed by atoms with Crippen LogP contribution in [-0.4, -0.2) is 16.4 Å². The van der Waals surface area contributed by atoms with Crippen molar-refractivity contribution in [3.05, 3.63) is 34.6 Å². The first-order valence-electron chi connectivity index (χ1n) is 5.56. The van der Waals surface area contributed by atoms with Crippen LogP contribution in [0.1, 0.15) is 9.30 Å². The molecule has 1 aromatic heterocycles. The predicted molar refractivity (Wildman–Crippen MR) is 80.8 cm³/mol. The molecular formula is C12H8Br2ClF3N2O. The number of hydrogen-bond donors (Lipinski definition) is 0. The molecule has 1 aromatic carbocycles. The van der Waals surface area contributed by atoms with Gasteiger partial charge in [0.15, 0.2) is 0 Å². The number of hydrogen-bond acceptors (Lipinski definition) is 2. The number of alkyl halides is 4. The molecule has 0 amide bonds. The fourth-order valence-electron chi connectivity index (χ4n) is 1.73. The van der Waals surface area contributed by atoms with E-state index in [-0.39, 0.29) is 25.9 Å². The minimum atomic E-state index is -3.04. The van der Waals surface area contributed by atoms with E-state index in [9.17, 15) is 13.2 Å². The van der Waals surface area contributed by atoms with Crippen LogP contribution >= 0.6 is 43.5 Å². The van der Waals surface area contributed by atoms with Gasteiger partial charge in [-0.05, 0) is 17.7 Å². The van der Waals surface area contributed by atoms with Crippen molar-refractivity contribution in [1.29, 1.82) is 0 Å². The zero-order chi connectivity index (χ0) is 15.7. The van der Waals surface area contributed by atoms with Gasteiger partial charge in [0.25, 0.3) is 0 Å². The average Bonchev–Trinajstić information content (AvgIpc) is 2.66. The summed E-state index contributed by atoms with van der Waals surface area (Å²) in [6.07, 6.45) is 0. The van der Waals surface area contributed by atoms with Gasteiger partial charge in [0.1, 0.15) is 16.5 Å². The third-order valence-electron chi connectivity index (χ3n) is 2.64. The predicted octanol–water partition coefficient (Wildman–Crippen LogP) is 5.27. The molecule has 0 aliphatic carbocycles. The van der Waals surface area contributed by atoms with E-state index in [1.807, 2.05) is 0 Å². The Labute approximate surface area is 140 Å². The molecule has 3 nitrogen and oxygen atoms in total. The molecule has 0 spiro atoms. The fraction of sp³-hybridized carbons (Fsp3) is 0.250. The van der Waals surface area contributed by atoms with E-state index in [2.05, 4.69) is 41.7 Å². The number of halogens is 6. The van der Waals surface area contributed by atoms with Gasteiger partial charge in [0.05, 0.1) is 3.74 Å². The van der Waals surface area contributed by atoms with E-state index in [4.69, 9.17) is 11.6 Å². The lowest BCUT2D eigenvalue weighted by atomic mass is 10.1. The monoisotopic (exact) mass is 446 g/mol. The van der Waals surface area contributed by atoms with Crippen molar-refractivity contribution in [1.82, 2.24) is 9.78 Å². The normalized spacial score (nSPS) is 11.5. The van der Waals surface area contributed by atoms with E-state index in [1.165, 1.54) is 19.2 Å². The molecular weight excluding hydrogens is 440 g/mol. The molecule has 0 fully saturated rings. The van der Waals surface area contributed by atoms with Crippen LogP contribution in [0.4, 0.5) is 13.2 Å². The van der Waals surface area contributed by atoms with Crippen molar-refractivity contribution in [2.75, 3.05) is 0 Å². The molecule has 0 saturated carbocycles. The van der Waals surface area contributed by atoms with E-state index >= 15 is 0 Å². The van der Waals surface area contributed by atoms with Crippen LogP contribution in [0, 0.1) is 5.82 Å². The smallest absolute Gasteiger partial charge is 0.388 e. The molecule has 0 unspecified atom stereocenters. The summed E-state index contributed by atoms with van der Waals surface area (Å²) >= 11 is 12.5. The van der Waals surface area contributed by atoms with Crippen LogP contribution < -0.4 is 4.74 Å². The van der Waals surface area contributed by atoms with Crippen molar-refractivity contribution >= 4 is 43.5 Å². The minimum absolute atomic E-state index is 0.0413. The number of ether oxygens (including phenoxy) is 1. The standard InChI is InChI=1S/C12H8Br2ClF3N2O/c1-20-11(21-12(17)18)8(15)9(19-20)6-3-2-5(10(13)14)4-7(6)16/h2-4,10,12H,1H3. The van der Waals surface area contributed by atoms with Crippen molar-refractivity contribution in [3.63, 3.8) is 0 Å². The van der Waals surface area contributed by atoms with Crippen molar-refractivity contribution in [3.8, 4) is 17.1 Å². The van der Waals surface area contributed by atoms with Crippen LogP contribution in [-0.2, 0) is 7.05 Å². The molecule has 1 heterocycles. The lowest BCUT2D eigenvalue weighted by Gasteiger charge is -2.06. The van der Waals surface area contributed by atoms with E-state index < -0.39 is 12.4 Å². The maximum Gasteiger partial charge on any atom is 0.388 e. The molecule has 0 aliphatic rings. The first-order valence-corrected chi connectivity index (χ1v) is 7.77. The highest BCUT2D eigenvalue weighted by Crippen LogP contribution is 2.38. The third kappa shape index (κ3) is 3.54. The summed E-state index contributed by atoms with van der Waals surface area (Å²) in [5.41, 5.74) is 0.802. The van der Waals surface area contributed by atoms with Crippen LogP contribution in [0.2, 0.25) is 5.02 Å². The molecule has 2 aromatic rings. The van der Waals surface area contributed by atoms with E-state index in [1.54, 1.807) is 6.07 Å².